The molecular weight excluding hydrogens is 353 g/mol. The second-order valence-corrected chi connectivity index (χ2v) is 6.85. The monoisotopic (exact) mass is 369 g/mol. The number of nitrogens with zero attached hydrogens (tertiary/aromatic N) is 1. The Kier molecular flexibility index (Phi) is 5.09. The van der Waals surface area contributed by atoms with E-state index >= 15 is 0 Å². The molecule has 26 heavy (non-hydrogen) atoms. The molecule has 0 fully saturated rings. The van der Waals surface area contributed by atoms with Crippen molar-refractivity contribution in [2.24, 2.45) is 0 Å². The van der Waals surface area contributed by atoms with Crippen LogP contribution in [0.3, 0.4) is 0 Å². The van der Waals surface area contributed by atoms with Crippen molar-refractivity contribution in [3.63, 3.8) is 0 Å². The van der Waals surface area contributed by atoms with Crippen molar-refractivity contribution in [2.45, 2.75) is 13.8 Å². The van der Waals surface area contributed by atoms with Crippen LogP contribution in [0.2, 0.25) is 0 Å². The average Bonchev–Trinajstić information content (AvgIpc) is 2.97. The third kappa shape index (κ3) is 4.12. The van der Waals surface area contributed by atoms with Crippen LogP contribution < -0.4 is 10.6 Å². The van der Waals surface area contributed by atoms with E-state index in [0.29, 0.717) is 22.1 Å². The SMILES string of the molecule is CC(=O)Nc1ccc(-c2nc(C(=O)Nc3cccc(F)c3)c(C)s2)cc1. The minimum absolute atomic E-state index is 0.140. The van der Waals surface area contributed by atoms with Gasteiger partial charge < -0.3 is 10.6 Å². The molecule has 0 saturated carbocycles. The Morgan fingerprint density at radius 2 is 1.77 bits per heavy atom. The lowest BCUT2D eigenvalue weighted by Crippen LogP contribution is -2.13. The molecule has 0 aliphatic carbocycles. The van der Waals surface area contributed by atoms with E-state index in [4.69, 9.17) is 0 Å². The van der Waals surface area contributed by atoms with Gasteiger partial charge in [0.1, 0.15) is 16.5 Å². The number of hydrogen-bond donors (Lipinski definition) is 2. The third-order valence-electron chi connectivity index (χ3n) is 3.55. The highest BCUT2D eigenvalue weighted by Crippen LogP contribution is 2.29. The maximum absolute atomic E-state index is 13.2. The van der Waals surface area contributed by atoms with Gasteiger partial charge in [0.25, 0.3) is 5.91 Å². The van der Waals surface area contributed by atoms with Gasteiger partial charge in [0.15, 0.2) is 0 Å². The molecule has 5 nitrogen and oxygen atoms in total. The molecule has 3 aromatic rings. The number of halogens is 1. The van der Waals surface area contributed by atoms with Gasteiger partial charge >= 0.3 is 0 Å². The van der Waals surface area contributed by atoms with Crippen molar-refractivity contribution >= 4 is 34.5 Å². The highest BCUT2D eigenvalue weighted by molar-refractivity contribution is 7.15. The number of rotatable bonds is 4. The van der Waals surface area contributed by atoms with Crippen LogP contribution in [-0.4, -0.2) is 16.8 Å². The summed E-state index contributed by atoms with van der Waals surface area (Å²) in [4.78, 5) is 28.7. The number of carbonyl (C=O) groups is 2. The number of amides is 2. The van der Waals surface area contributed by atoms with Crippen molar-refractivity contribution in [2.75, 3.05) is 10.6 Å². The molecule has 0 aliphatic heterocycles. The zero-order valence-corrected chi connectivity index (χ0v) is 15.0. The van der Waals surface area contributed by atoms with E-state index in [2.05, 4.69) is 15.6 Å². The first-order valence-corrected chi connectivity index (χ1v) is 8.66. The molecule has 0 radical (unpaired) electrons. The largest absolute Gasteiger partial charge is 0.326 e. The minimum atomic E-state index is -0.419. The second kappa shape index (κ2) is 7.45. The predicted molar refractivity (Wildman–Crippen MR) is 101 cm³/mol. The maximum atomic E-state index is 13.2. The zero-order valence-electron chi connectivity index (χ0n) is 14.2. The molecule has 1 aromatic heterocycles. The number of aryl methyl sites for hydroxylation is 1. The van der Waals surface area contributed by atoms with Crippen LogP contribution in [0.1, 0.15) is 22.3 Å². The standard InChI is InChI=1S/C19H16FN3O2S/c1-11-17(18(25)22-16-5-3-4-14(20)10-16)23-19(26-11)13-6-8-15(9-7-13)21-12(2)24/h3-10H,1-2H3,(H,21,24)(H,22,25). The first-order chi connectivity index (χ1) is 12.4. The number of nitrogens with one attached hydrogen (secondary N) is 2. The van der Waals surface area contributed by atoms with Crippen LogP contribution in [0.15, 0.2) is 48.5 Å². The molecule has 0 saturated heterocycles. The number of thiazole rings is 1. The highest BCUT2D eigenvalue weighted by atomic mass is 32.1. The van der Waals surface area contributed by atoms with Crippen LogP contribution >= 0.6 is 11.3 Å². The fraction of sp³-hybridized carbons (Fsp3) is 0.105. The summed E-state index contributed by atoms with van der Waals surface area (Å²) < 4.78 is 13.2. The van der Waals surface area contributed by atoms with E-state index in [1.54, 1.807) is 18.2 Å². The Labute approximate surface area is 153 Å². The molecule has 132 valence electrons. The fourth-order valence-electron chi connectivity index (χ4n) is 2.39. The smallest absolute Gasteiger partial charge is 0.275 e. The molecule has 0 bridgehead atoms. The van der Waals surface area contributed by atoms with Crippen LogP contribution in [0.5, 0.6) is 0 Å². The molecule has 2 amide bonds. The van der Waals surface area contributed by atoms with Crippen molar-refractivity contribution < 1.29 is 14.0 Å². The maximum Gasteiger partial charge on any atom is 0.275 e. The van der Waals surface area contributed by atoms with Gasteiger partial charge in [-0.3, -0.25) is 9.59 Å². The summed E-state index contributed by atoms with van der Waals surface area (Å²) in [5.41, 5.74) is 2.22. The molecule has 2 aromatic carbocycles. The molecule has 0 atom stereocenters. The van der Waals surface area contributed by atoms with Gasteiger partial charge in [0, 0.05) is 28.7 Å². The molecule has 0 spiro atoms. The summed E-state index contributed by atoms with van der Waals surface area (Å²) >= 11 is 1.40. The fourth-order valence-corrected chi connectivity index (χ4v) is 3.30. The summed E-state index contributed by atoms with van der Waals surface area (Å²) in [5, 5.41) is 6.05. The number of carbonyl (C=O) groups excluding carboxylic acids is 2. The number of benzene rings is 2. The Bertz CT molecular complexity index is 967. The van der Waals surface area contributed by atoms with Crippen molar-refractivity contribution in [1.82, 2.24) is 4.98 Å². The van der Waals surface area contributed by atoms with Crippen molar-refractivity contribution in [1.29, 1.82) is 0 Å². The lowest BCUT2D eigenvalue weighted by atomic mass is 10.2. The molecule has 0 unspecified atom stereocenters. The summed E-state index contributed by atoms with van der Waals surface area (Å²) in [7, 11) is 0. The van der Waals surface area contributed by atoms with E-state index in [0.717, 1.165) is 10.4 Å². The molecule has 1 heterocycles. The Balaban J connectivity index is 1.80. The zero-order chi connectivity index (χ0) is 18.7. The predicted octanol–water partition coefficient (Wildman–Crippen LogP) is 4.47. The van der Waals surface area contributed by atoms with Crippen LogP contribution in [0.25, 0.3) is 10.6 Å². The van der Waals surface area contributed by atoms with E-state index < -0.39 is 5.82 Å². The normalized spacial score (nSPS) is 10.4. The van der Waals surface area contributed by atoms with E-state index in [1.165, 1.54) is 36.5 Å². The second-order valence-electron chi connectivity index (χ2n) is 5.65. The summed E-state index contributed by atoms with van der Waals surface area (Å²) in [6.07, 6.45) is 0. The van der Waals surface area contributed by atoms with E-state index in [-0.39, 0.29) is 11.8 Å². The lowest BCUT2D eigenvalue weighted by molar-refractivity contribution is -0.114. The van der Waals surface area contributed by atoms with E-state index in [9.17, 15) is 14.0 Å². The van der Waals surface area contributed by atoms with E-state index in [1.807, 2.05) is 19.1 Å². The van der Waals surface area contributed by atoms with Crippen LogP contribution in [0.4, 0.5) is 15.8 Å². The Hall–Kier alpha value is -3.06. The van der Waals surface area contributed by atoms with Crippen LogP contribution in [-0.2, 0) is 4.79 Å². The highest BCUT2D eigenvalue weighted by Gasteiger charge is 2.16. The molecular formula is C19H16FN3O2S. The van der Waals surface area contributed by atoms with Gasteiger partial charge in [0.05, 0.1) is 0 Å². The first-order valence-electron chi connectivity index (χ1n) is 7.85. The van der Waals surface area contributed by atoms with Gasteiger partial charge in [0.2, 0.25) is 5.91 Å². The average molecular weight is 369 g/mol. The molecule has 3 rings (SSSR count). The summed E-state index contributed by atoms with van der Waals surface area (Å²) in [6, 6.07) is 12.9. The Morgan fingerprint density at radius 1 is 1.04 bits per heavy atom. The molecule has 7 heteroatoms. The van der Waals surface area contributed by atoms with Crippen molar-refractivity contribution in [3.8, 4) is 10.6 Å². The number of hydrogen-bond acceptors (Lipinski definition) is 4. The third-order valence-corrected chi connectivity index (χ3v) is 4.57. The van der Waals surface area contributed by atoms with Crippen LogP contribution in [0, 0.1) is 12.7 Å². The summed E-state index contributed by atoms with van der Waals surface area (Å²) in [5.74, 6) is -0.942. The summed E-state index contributed by atoms with van der Waals surface area (Å²) in [6.45, 7) is 3.26. The minimum Gasteiger partial charge on any atom is -0.326 e. The topological polar surface area (TPSA) is 71.1 Å². The van der Waals surface area contributed by atoms with Gasteiger partial charge in [-0.25, -0.2) is 9.37 Å². The van der Waals surface area contributed by atoms with Gasteiger partial charge in [-0.1, -0.05) is 6.07 Å². The Morgan fingerprint density at radius 3 is 2.42 bits per heavy atom. The lowest BCUT2D eigenvalue weighted by Gasteiger charge is -2.04. The van der Waals surface area contributed by atoms with Gasteiger partial charge in [-0.15, -0.1) is 11.3 Å². The molecule has 2 N–H and O–H groups in total. The quantitative estimate of drug-likeness (QED) is 0.713. The first kappa shape index (κ1) is 17.8. The van der Waals surface area contributed by atoms with Gasteiger partial charge in [-0.2, -0.15) is 0 Å². The van der Waals surface area contributed by atoms with Crippen molar-refractivity contribution in [3.05, 3.63) is 64.9 Å². The number of anilines is 2. The number of aromatic nitrogens is 1. The molecule has 0 aliphatic rings. The van der Waals surface area contributed by atoms with Gasteiger partial charge in [-0.05, 0) is 49.4 Å².